The Hall–Kier alpha value is -0.0000000000000000555. The molecule has 2 N–H and O–H groups in total. The summed E-state index contributed by atoms with van der Waals surface area (Å²) in [5, 5.41) is 0. The fourth-order valence-electron chi connectivity index (χ4n) is 1.17. The Morgan fingerprint density at radius 3 is 2.21 bits per heavy atom. The number of rotatable bonds is 3. The van der Waals surface area contributed by atoms with E-state index in [-0.39, 0.29) is 12.4 Å². The van der Waals surface area contributed by atoms with Gasteiger partial charge in [-0.05, 0) is 59.7 Å². The van der Waals surface area contributed by atoms with Crippen LogP contribution in [-0.4, -0.2) is 13.2 Å². The first-order chi connectivity index (χ1) is 6.15. The minimum Gasteiger partial charge on any atom is -0.492 e. The van der Waals surface area contributed by atoms with Gasteiger partial charge in [0.2, 0.25) is 0 Å². The smallest absolute Gasteiger partial charge is 0.119 e. The van der Waals surface area contributed by atoms with Crippen LogP contribution in [0.15, 0.2) is 12.1 Å². The predicted octanol–water partition coefficient (Wildman–Crippen LogP) is 2.67. The number of hydrogen-bond acceptors (Lipinski definition) is 2. The monoisotopic (exact) mass is 327 g/mol. The van der Waals surface area contributed by atoms with Crippen molar-refractivity contribution < 1.29 is 4.74 Å². The first-order valence-corrected chi connectivity index (χ1v) is 5.32. The van der Waals surface area contributed by atoms with Crippen molar-refractivity contribution in [3.8, 4) is 5.75 Å². The molecule has 0 heterocycles. The molecule has 0 bridgehead atoms. The molecule has 1 rings (SSSR count). The van der Waals surface area contributed by atoms with Gasteiger partial charge < -0.3 is 10.5 Å². The average molecular weight is 328 g/mol. The van der Waals surface area contributed by atoms with Crippen molar-refractivity contribution in [2.45, 2.75) is 13.8 Å². The standard InChI is InChI=1S/C10H14INO.ClH/c1-7-5-9(13-4-3-12)6-8(2)10(7)11;/h5-6H,3-4,12H2,1-2H3;1H. The Labute approximate surface area is 105 Å². The van der Waals surface area contributed by atoms with Crippen molar-refractivity contribution in [2.24, 2.45) is 5.73 Å². The Morgan fingerprint density at radius 2 is 1.79 bits per heavy atom. The van der Waals surface area contributed by atoms with Gasteiger partial charge in [-0.2, -0.15) is 0 Å². The second-order valence-corrected chi connectivity index (χ2v) is 4.09. The van der Waals surface area contributed by atoms with E-state index in [0.717, 1.165) is 5.75 Å². The molecule has 14 heavy (non-hydrogen) atoms. The molecule has 0 aromatic heterocycles. The Bertz CT molecular complexity index is 281. The molecule has 0 aliphatic heterocycles. The van der Waals surface area contributed by atoms with Gasteiger partial charge in [0.25, 0.3) is 0 Å². The highest BCUT2D eigenvalue weighted by molar-refractivity contribution is 14.1. The molecule has 0 saturated carbocycles. The summed E-state index contributed by atoms with van der Waals surface area (Å²) in [6, 6.07) is 4.09. The molecule has 0 aliphatic rings. The lowest BCUT2D eigenvalue weighted by Crippen LogP contribution is -2.10. The largest absolute Gasteiger partial charge is 0.492 e. The van der Waals surface area contributed by atoms with E-state index in [4.69, 9.17) is 10.5 Å². The first-order valence-electron chi connectivity index (χ1n) is 4.24. The second kappa shape index (κ2) is 6.48. The minimum atomic E-state index is 0. The van der Waals surface area contributed by atoms with Crippen molar-refractivity contribution in [3.05, 3.63) is 26.8 Å². The van der Waals surface area contributed by atoms with Gasteiger partial charge in [-0.1, -0.05) is 0 Å². The number of ether oxygens (including phenoxy) is 1. The van der Waals surface area contributed by atoms with E-state index >= 15 is 0 Å². The highest BCUT2D eigenvalue weighted by Crippen LogP contribution is 2.22. The summed E-state index contributed by atoms with van der Waals surface area (Å²) in [5.74, 6) is 0.917. The van der Waals surface area contributed by atoms with Crippen molar-refractivity contribution in [1.82, 2.24) is 0 Å². The zero-order valence-electron chi connectivity index (χ0n) is 8.34. The molecule has 0 amide bonds. The number of benzene rings is 1. The van der Waals surface area contributed by atoms with Crippen LogP contribution in [0.5, 0.6) is 5.75 Å². The first kappa shape index (κ1) is 14.0. The number of halogens is 2. The molecule has 0 radical (unpaired) electrons. The third kappa shape index (κ3) is 3.63. The van der Waals surface area contributed by atoms with Crippen LogP contribution in [0, 0.1) is 17.4 Å². The normalized spacial score (nSPS) is 9.43. The molecule has 1 aromatic carbocycles. The second-order valence-electron chi connectivity index (χ2n) is 3.01. The van der Waals surface area contributed by atoms with Crippen LogP contribution in [0.2, 0.25) is 0 Å². The van der Waals surface area contributed by atoms with Gasteiger partial charge in [0, 0.05) is 10.1 Å². The lowest BCUT2D eigenvalue weighted by molar-refractivity contribution is 0.328. The van der Waals surface area contributed by atoms with Crippen LogP contribution in [0.4, 0.5) is 0 Å². The summed E-state index contributed by atoms with van der Waals surface area (Å²) in [4.78, 5) is 0. The van der Waals surface area contributed by atoms with Crippen LogP contribution in [0.25, 0.3) is 0 Å². The van der Waals surface area contributed by atoms with Crippen molar-refractivity contribution in [2.75, 3.05) is 13.2 Å². The summed E-state index contributed by atoms with van der Waals surface area (Å²) in [6.07, 6.45) is 0. The molecular weight excluding hydrogens is 312 g/mol. The van der Waals surface area contributed by atoms with Crippen molar-refractivity contribution in [1.29, 1.82) is 0 Å². The predicted molar refractivity (Wildman–Crippen MR) is 70.4 cm³/mol. The maximum atomic E-state index is 5.44. The Morgan fingerprint density at radius 1 is 1.29 bits per heavy atom. The fraction of sp³-hybridized carbons (Fsp3) is 0.400. The molecule has 0 aliphatic carbocycles. The lowest BCUT2D eigenvalue weighted by atomic mass is 10.1. The molecule has 0 atom stereocenters. The van der Waals surface area contributed by atoms with Crippen molar-refractivity contribution >= 4 is 35.0 Å². The highest BCUT2D eigenvalue weighted by atomic mass is 127. The quantitative estimate of drug-likeness (QED) is 0.866. The fourth-order valence-corrected chi connectivity index (χ4v) is 1.48. The molecule has 0 unspecified atom stereocenters. The molecular formula is C10H15ClINO. The molecule has 1 aromatic rings. The van der Waals surface area contributed by atoms with Gasteiger partial charge in [-0.25, -0.2) is 0 Å². The summed E-state index contributed by atoms with van der Waals surface area (Å²) in [7, 11) is 0. The van der Waals surface area contributed by atoms with Crippen molar-refractivity contribution in [3.63, 3.8) is 0 Å². The van der Waals surface area contributed by atoms with E-state index in [0.29, 0.717) is 13.2 Å². The number of aryl methyl sites for hydroxylation is 2. The molecule has 80 valence electrons. The Balaban J connectivity index is 0.00000169. The lowest BCUT2D eigenvalue weighted by Gasteiger charge is -2.08. The Kier molecular flexibility index (Phi) is 6.48. The zero-order chi connectivity index (χ0) is 9.84. The van der Waals surface area contributed by atoms with Crippen LogP contribution < -0.4 is 10.5 Å². The average Bonchev–Trinajstić information content (AvgIpc) is 2.10. The molecule has 0 saturated heterocycles. The summed E-state index contributed by atoms with van der Waals surface area (Å²) in [6.45, 7) is 5.32. The topological polar surface area (TPSA) is 35.2 Å². The summed E-state index contributed by atoms with van der Waals surface area (Å²) >= 11 is 2.34. The van der Waals surface area contributed by atoms with Gasteiger partial charge in [0.05, 0.1) is 0 Å². The van der Waals surface area contributed by atoms with E-state index in [2.05, 4.69) is 36.4 Å². The third-order valence-corrected chi connectivity index (χ3v) is 3.50. The summed E-state index contributed by atoms with van der Waals surface area (Å²) in [5.41, 5.74) is 7.87. The van der Waals surface area contributed by atoms with Crippen LogP contribution in [-0.2, 0) is 0 Å². The van der Waals surface area contributed by atoms with E-state index in [1.807, 2.05) is 12.1 Å². The minimum absolute atomic E-state index is 0. The van der Waals surface area contributed by atoms with E-state index in [1.54, 1.807) is 0 Å². The molecule has 0 spiro atoms. The SMILES string of the molecule is Cc1cc(OCCN)cc(C)c1I.Cl. The molecule has 4 heteroatoms. The summed E-state index contributed by atoms with van der Waals surface area (Å²) < 4.78 is 6.75. The number of hydrogen-bond donors (Lipinski definition) is 1. The van der Waals surface area contributed by atoms with Crippen LogP contribution in [0.1, 0.15) is 11.1 Å². The maximum absolute atomic E-state index is 5.44. The van der Waals surface area contributed by atoms with E-state index in [1.165, 1.54) is 14.7 Å². The van der Waals surface area contributed by atoms with Crippen LogP contribution in [0.3, 0.4) is 0 Å². The highest BCUT2D eigenvalue weighted by Gasteiger charge is 2.02. The van der Waals surface area contributed by atoms with Gasteiger partial charge >= 0.3 is 0 Å². The maximum Gasteiger partial charge on any atom is 0.119 e. The number of nitrogens with two attached hydrogens (primary N) is 1. The molecule has 2 nitrogen and oxygen atoms in total. The van der Waals surface area contributed by atoms with Gasteiger partial charge in [-0.15, -0.1) is 12.4 Å². The van der Waals surface area contributed by atoms with E-state index < -0.39 is 0 Å². The van der Waals surface area contributed by atoms with Gasteiger partial charge in [0.1, 0.15) is 12.4 Å². The third-order valence-electron chi connectivity index (χ3n) is 1.80. The van der Waals surface area contributed by atoms with Gasteiger partial charge in [-0.3, -0.25) is 0 Å². The van der Waals surface area contributed by atoms with Crippen LogP contribution >= 0.6 is 35.0 Å². The molecule has 0 fully saturated rings. The van der Waals surface area contributed by atoms with Gasteiger partial charge in [0.15, 0.2) is 0 Å². The zero-order valence-corrected chi connectivity index (χ0v) is 11.3. The van der Waals surface area contributed by atoms with E-state index in [9.17, 15) is 0 Å².